The Morgan fingerprint density at radius 1 is 1.47 bits per heavy atom. The molecule has 5 heteroatoms. The number of thiophene rings is 1. The van der Waals surface area contributed by atoms with E-state index in [1.807, 2.05) is 16.8 Å². The van der Waals surface area contributed by atoms with Crippen molar-refractivity contribution in [3.8, 4) is 11.5 Å². The van der Waals surface area contributed by atoms with E-state index in [-0.39, 0.29) is 0 Å². The summed E-state index contributed by atoms with van der Waals surface area (Å²) in [5.74, 6) is 1.33. The molecule has 1 aliphatic heterocycles. The van der Waals surface area contributed by atoms with Crippen molar-refractivity contribution >= 4 is 16.9 Å². The number of nitrogens with zero attached hydrogens (tertiary/aromatic N) is 3. The van der Waals surface area contributed by atoms with Crippen molar-refractivity contribution in [2.45, 2.75) is 6.42 Å². The second-order valence-electron chi connectivity index (χ2n) is 4.19. The van der Waals surface area contributed by atoms with Crippen LogP contribution in [0.3, 0.4) is 0 Å². The van der Waals surface area contributed by atoms with E-state index in [4.69, 9.17) is 4.52 Å². The van der Waals surface area contributed by atoms with E-state index in [2.05, 4.69) is 28.2 Å². The molecule has 0 N–H and O–H groups in total. The minimum Gasteiger partial charge on any atom is -0.334 e. The van der Waals surface area contributed by atoms with Crippen molar-refractivity contribution in [2.24, 2.45) is 0 Å². The maximum Gasteiger partial charge on any atom is 0.259 e. The highest BCUT2D eigenvalue weighted by Gasteiger charge is 2.16. The largest absolute Gasteiger partial charge is 0.334 e. The quantitative estimate of drug-likeness (QED) is 0.817. The van der Waals surface area contributed by atoms with Crippen LogP contribution >= 0.6 is 11.3 Å². The Balaban J connectivity index is 1.88. The van der Waals surface area contributed by atoms with Crippen molar-refractivity contribution in [2.75, 3.05) is 20.1 Å². The van der Waals surface area contributed by atoms with Gasteiger partial charge in [-0.1, -0.05) is 11.2 Å². The summed E-state index contributed by atoms with van der Waals surface area (Å²) in [7, 11) is 2.10. The Morgan fingerprint density at radius 2 is 2.41 bits per heavy atom. The SMILES string of the molecule is CN1CCC=C(c2noc(-c3ccsc3)n2)C1. The fraction of sp³-hybridized carbons (Fsp3) is 0.333. The molecule has 0 atom stereocenters. The van der Waals surface area contributed by atoms with Gasteiger partial charge in [-0.25, -0.2) is 0 Å². The predicted molar refractivity (Wildman–Crippen MR) is 67.7 cm³/mol. The lowest BCUT2D eigenvalue weighted by atomic mass is 10.1. The third-order valence-electron chi connectivity index (χ3n) is 2.82. The number of rotatable bonds is 2. The second-order valence-corrected chi connectivity index (χ2v) is 4.97. The normalized spacial score (nSPS) is 17.1. The van der Waals surface area contributed by atoms with Gasteiger partial charge in [-0.3, -0.25) is 0 Å². The molecule has 0 aliphatic carbocycles. The molecule has 0 bridgehead atoms. The fourth-order valence-corrected chi connectivity index (χ4v) is 2.54. The van der Waals surface area contributed by atoms with E-state index in [1.54, 1.807) is 11.3 Å². The molecule has 17 heavy (non-hydrogen) atoms. The molecule has 0 spiro atoms. The molecule has 0 saturated heterocycles. The summed E-state index contributed by atoms with van der Waals surface area (Å²) < 4.78 is 5.28. The van der Waals surface area contributed by atoms with Gasteiger partial charge < -0.3 is 9.42 Å². The van der Waals surface area contributed by atoms with E-state index in [1.165, 1.54) is 0 Å². The lowest BCUT2D eigenvalue weighted by Crippen LogP contribution is -2.25. The first-order valence-corrected chi connectivity index (χ1v) is 6.51. The van der Waals surface area contributed by atoms with E-state index < -0.39 is 0 Å². The Hall–Kier alpha value is -1.46. The molecule has 3 heterocycles. The third kappa shape index (κ3) is 2.16. The number of aromatic nitrogens is 2. The third-order valence-corrected chi connectivity index (χ3v) is 3.51. The standard InChI is InChI=1S/C12H13N3OS/c1-15-5-2-3-9(7-15)11-13-12(16-14-11)10-4-6-17-8-10/h3-4,6,8H,2,5,7H2,1H3. The summed E-state index contributed by atoms with van der Waals surface area (Å²) in [6, 6.07) is 1.99. The van der Waals surface area contributed by atoms with E-state index in [0.29, 0.717) is 5.89 Å². The van der Waals surface area contributed by atoms with Gasteiger partial charge in [-0.2, -0.15) is 16.3 Å². The summed E-state index contributed by atoms with van der Waals surface area (Å²) in [5, 5.41) is 8.07. The Morgan fingerprint density at radius 3 is 3.18 bits per heavy atom. The smallest absolute Gasteiger partial charge is 0.259 e. The molecule has 4 nitrogen and oxygen atoms in total. The van der Waals surface area contributed by atoms with Gasteiger partial charge in [0.2, 0.25) is 0 Å². The molecule has 0 aromatic carbocycles. The van der Waals surface area contributed by atoms with Crippen LogP contribution in [0, 0.1) is 0 Å². The fourth-order valence-electron chi connectivity index (χ4n) is 1.91. The molecular formula is C12H13N3OS. The van der Waals surface area contributed by atoms with Gasteiger partial charge in [0, 0.05) is 24.0 Å². The lowest BCUT2D eigenvalue weighted by molar-refractivity contribution is 0.370. The van der Waals surface area contributed by atoms with Crippen LogP contribution in [0.4, 0.5) is 0 Å². The molecule has 0 saturated carbocycles. The molecule has 0 radical (unpaired) electrons. The van der Waals surface area contributed by atoms with Gasteiger partial charge in [0.05, 0.1) is 5.56 Å². The van der Waals surface area contributed by atoms with Crippen LogP contribution in [-0.4, -0.2) is 35.2 Å². The van der Waals surface area contributed by atoms with E-state index in [9.17, 15) is 0 Å². The van der Waals surface area contributed by atoms with Gasteiger partial charge in [-0.05, 0) is 24.9 Å². The summed E-state index contributed by atoms with van der Waals surface area (Å²) in [6.45, 7) is 1.99. The van der Waals surface area contributed by atoms with Crippen molar-refractivity contribution in [3.63, 3.8) is 0 Å². The molecule has 0 fully saturated rings. The average molecular weight is 247 g/mol. The number of likely N-dealkylation sites (N-methyl/N-ethyl adjacent to an activating group) is 1. The summed E-state index contributed by atoms with van der Waals surface area (Å²) in [6.07, 6.45) is 3.25. The van der Waals surface area contributed by atoms with Crippen LogP contribution in [-0.2, 0) is 0 Å². The van der Waals surface area contributed by atoms with Crippen molar-refractivity contribution < 1.29 is 4.52 Å². The molecular weight excluding hydrogens is 234 g/mol. The first-order valence-electron chi connectivity index (χ1n) is 5.57. The second kappa shape index (κ2) is 4.43. The maximum absolute atomic E-state index is 5.28. The first-order chi connectivity index (χ1) is 8.33. The first kappa shape index (κ1) is 10.7. The van der Waals surface area contributed by atoms with Gasteiger partial charge in [0.15, 0.2) is 5.82 Å². The van der Waals surface area contributed by atoms with Gasteiger partial charge >= 0.3 is 0 Å². The summed E-state index contributed by atoms with van der Waals surface area (Å²) in [4.78, 5) is 6.70. The van der Waals surface area contributed by atoms with Crippen LogP contribution in [0.25, 0.3) is 17.0 Å². The van der Waals surface area contributed by atoms with Crippen LogP contribution in [0.1, 0.15) is 12.2 Å². The molecule has 2 aromatic heterocycles. The van der Waals surface area contributed by atoms with Crippen LogP contribution < -0.4 is 0 Å². The summed E-state index contributed by atoms with van der Waals surface area (Å²) in [5.41, 5.74) is 2.16. The Kier molecular flexibility index (Phi) is 2.78. The topological polar surface area (TPSA) is 42.2 Å². The van der Waals surface area contributed by atoms with Crippen LogP contribution in [0.2, 0.25) is 0 Å². The van der Waals surface area contributed by atoms with Crippen LogP contribution in [0.5, 0.6) is 0 Å². The zero-order chi connectivity index (χ0) is 11.7. The molecule has 0 amide bonds. The highest BCUT2D eigenvalue weighted by molar-refractivity contribution is 7.08. The molecule has 0 unspecified atom stereocenters. The van der Waals surface area contributed by atoms with Gasteiger partial charge in [-0.15, -0.1) is 0 Å². The highest BCUT2D eigenvalue weighted by atomic mass is 32.1. The highest BCUT2D eigenvalue weighted by Crippen LogP contribution is 2.23. The predicted octanol–water partition coefficient (Wildman–Crippen LogP) is 2.52. The van der Waals surface area contributed by atoms with Crippen molar-refractivity contribution in [1.82, 2.24) is 15.0 Å². The van der Waals surface area contributed by atoms with E-state index in [0.717, 1.165) is 36.5 Å². The number of hydrogen-bond acceptors (Lipinski definition) is 5. The van der Waals surface area contributed by atoms with Crippen molar-refractivity contribution in [3.05, 3.63) is 28.7 Å². The summed E-state index contributed by atoms with van der Waals surface area (Å²) >= 11 is 1.63. The average Bonchev–Trinajstić information content (AvgIpc) is 3.00. The molecule has 88 valence electrons. The monoisotopic (exact) mass is 247 g/mol. The molecule has 3 rings (SSSR count). The van der Waals surface area contributed by atoms with Crippen molar-refractivity contribution in [1.29, 1.82) is 0 Å². The lowest BCUT2D eigenvalue weighted by Gasteiger charge is -2.20. The zero-order valence-corrected chi connectivity index (χ0v) is 10.4. The van der Waals surface area contributed by atoms with E-state index >= 15 is 0 Å². The van der Waals surface area contributed by atoms with Gasteiger partial charge in [0.1, 0.15) is 0 Å². The Labute approximate surface area is 104 Å². The zero-order valence-electron chi connectivity index (χ0n) is 9.59. The van der Waals surface area contributed by atoms with Gasteiger partial charge in [0.25, 0.3) is 5.89 Å². The van der Waals surface area contributed by atoms with Crippen LogP contribution in [0.15, 0.2) is 27.4 Å². The molecule has 2 aromatic rings. The molecule has 1 aliphatic rings. The Bertz CT molecular complexity index is 530. The number of hydrogen-bond donors (Lipinski definition) is 0. The minimum atomic E-state index is 0.607. The minimum absolute atomic E-state index is 0.607. The maximum atomic E-state index is 5.28.